The van der Waals surface area contributed by atoms with Crippen molar-refractivity contribution in [3.05, 3.63) is 78.1 Å². The zero-order chi connectivity index (χ0) is 16.6. The Kier molecular flexibility index (Phi) is 5.03. The Morgan fingerprint density at radius 2 is 1.79 bits per heavy atom. The third-order valence-corrected chi connectivity index (χ3v) is 3.24. The Labute approximate surface area is 139 Å². The summed E-state index contributed by atoms with van der Waals surface area (Å²) in [5.41, 5.74) is 2.15. The fourth-order valence-electron chi connectivity index (χ4n) is 2.02. The van der Waals surface area contributed by atoms with Gasteiger partial charge >= 0.3 is 0 Å². The highest BCUT2D eigenvalue weighted by Crippen LogP contribution is 2.04. The minimum Gasteiger partial charge on any atom is -0.350 e. The molecule has 0 spiro atoms. The first kappa shape index (κ1) is 15.5. The van der Waals surface area contributed by atoms with E-state index in [0.717, 1.165) is 11.3 Å². The Hall–Kier alpha value is -3.35. The van der Waals surface area contributed by atoms with Crippen LogP contribution in [0.15, 0.2) is 61.2 Å². The molecule has 0 atom stereocenters. The van der Waals surface area contributed by atoms with Crippen LogP contribution in [0.5, 0.6) is 0 Å². The summed E-state index contributed by atoms with van der Waals surface area (Å²) < 4.78 is 0. The zero-order valence-corrected chi connectivity index (χ0v) is 12.9. The second-order valence-corrected chi connectivity index (χ2v) is 4.98. The number of nitrogens with one attached hydrogen (secondary N) is 2. The summed E-state index contributed by atoms with van der Waals surface area (Å²) >= 11 is 0. The van der Waals surface area contributed by atoms with E-state index in [1.165, 1.54) is 0 Å². The summed E-state index contributed by atoms with van der Waals surface area (Å²) in [5.74, 6) is 0.132. The lowest BCUT2D eigenvalue weighted by atomic mass is 10.3. The minimum absolute atomic E-state index is 0.269. The number of anilines is 1. The van der Waals surface area contributed by atoms with Gasteiger partial charge in [0.15, 0.2) is 0 Å². The van der Waals surface area contributed by atoms with E-state index in [4.69, 9.17) is 0 Å². The molecule has 0 saturated carbocycles. The molecule has 3 aromatic rings. The third-order valence-electron chi connectivity index (χ3n) is 3.24. The van der Waals surface area contributed by atoms with Crippen LogP contribution < -0.4 is 10.6 Å². The maximum Gasteiger partial charge on any atom is 0.270 e. The van der Waals surface area contributed by atoms with Gasteiger partial charge in [-0.2, -0.15) is 0 Å². The molecule has 0 saturated heterocycles. The van der Waals surface area contributed by atoms with Crippen molar-refractivity contribution >= 4 is 11.9 Å². The molecule has 0 radical (unpaired) electrons. The molecule has 3 rings (SSSR count). The first-order valence-corrected chi connectivity index (χ1v) is 7.45. The number of aromatic nitrogens is 4. The summed E-state index contributed by atoms with van der Waals surface area (Å²) in [6.45, 7) is 0.908. The molecule has 7 heteroatoms. The molecular formula is C17H16N6O. The van der Waals surface area contributed by atoms with Crippen molar-refractivity contribution in [2.24, 2.45) is 0 Å². The molecule has 24 heavy (non-hydrogen) atoms. The van der Waals surface area contributed by atoms with E-state index in [1.54, 1.807) is 30.9 Å². The highest BCUT2D eigenvalue weighted by molar-refractivity contribution is 5.92. The van der Waals surface area contributed by atoms with E-state index in [9.17, 15) is 4.79 Å². The van der Waals surface area contributed by atoms with Crippen molar-refractivity contribution in [3.8, 4) is 0 Å². The standard InChI is InChI=1S/C17H16N6O/c24-16(21-12-14-3-1-2-7-19-14)15-6-10-20-17(23-15)22-11-13-4-8-18-9-5-13/h1-10H,11-12H2,(H,21,24)(H,20,22,23). The van der Waals surface area contributed by atoms with Crippen molar-refractivity contribution in [1.29, 1.82) is 0 Å². The number of nitrogens with zero attached hydrogens (tertiary/aromatic N) is 4. The molecule has 0 aliphatic rings. The molecule has 0 aliphatic carbocycles. The fraction of sp³-hybridized carbons (Fsp3) is 0.118. The van der Waals surface area contributed by atoms with E-state index >= 15 is 0 Å². The van der Waals surface area contributed by atoms with E-state index < -0.39 is 0 Å². The summed E-state index contributed by atoms with van der Waals surface area (Å²) in [4.78, 5) is 28.7. The van der Waals surface area contributed by atoms with E-state index in [-0.39, 0.29) is 5.91 Å². The van der Waals surface area contributed by atoms with Gasteiger partial charge in [0.1, 0.15) is 5.69 Å². The first-order valence-electron chi connectivity index (χ1n) is 7.45. The number of rotatable bonds is 6. The van der Waals surface area contributed by atoms with E-state index in [0.29, 0.717) is 24.7 Å². The van der Waals surface area contributed by atoms with Crippen molar-refractivity contribution in [2.75, 3.05) is 5.32 Å². The third kappa shape index (κ3) is 4.33. The van der Waals surface area contributed by atoms with Crippen LogP contribution in [0.1, 0.15) is 21.7 Å². The Morgan fingerprint density at radius 3 is 2.58 bits per heavy atom. The summed E-state index contributed by atoms with van der Waals surface area (Å²) in [7, 11) is 0. The van der Waals surface area contributed by atoms with Gasteiger partial charge in [0.05, 0.1) is 12.2 Å². The molecule has 120 valence electrons. The molecule has 0 bridgehead atoms. The van der Waals surface area contributed by atoms with E-state index in [1.807, 2.05) is 30.3 Å². The van der Waals surface area contributed by atoms with Gasteiger partial charge < -0.3 is 10.6 Å². The first-order chi connectivity index (χ1) is 11.8. The predicted molar refractivity (Wildman–Crippen MR) is 89.0 cm³/mol. The Bertz CT molecular complexity index is 794. The molecule has 3 aromatic heterocycles. The maximum atomic E-state index is 12.2. The average Bonchev–Trinajstić information content (AvgIpc) is 2.66. The van der Waals surface area contributed by atoms with E-state index in [2.05, 4.69) is 30.6 Å². The van der Waals surface area contributed by atoms with Crippen LogP contribution in [0, 0.1) is 0 Å². The van der Waals surface area contributed by atoms with Gasteiger partial charge in [-0.15, -0.1) is 0 Å². The van der Waals surface area contributed by atoms with Gasteiger partial charge in [-0.25, -0.2) is 9.97 Å². The second-order valence-electron chi connectivity index (χ2n) is 4.98. The number of hydrogen-bond acceptors (Lipinski definition) is 6. The van der Waals surface area contributed by atoms with Crippen LogP contribution in [0.2, 0.25) is 0 Å². The van der Waals surface area contributed by atoms with Crippen molar-refractivity contribution in [1.82, 2.24) is 25.3 Å². The molecule has 0 aliphatic heterocycles. The van der Waals surface area contributed by atoms with Crippen molar-refractivity contribution in [3.63, 3.8) is 0 Å². The smallest absolute Gasteiger partial charge is 0.270 e. The summed E-state index contributed by atoms with van der Waals surface area (Å²) in [6.07, 6.45) is 6.68. The summed E-state index contributed by atoms with van der Waals surface area (Å²) in [5, 5.41) is 5.88. The lowest BCUT2D eigenvalue weighted by molar-refractivity contribution is 0.0945. The largest absolute Gasteiger partial charge is 0.350 e. The highest BCUT2D eigenvalue weighted by Gasteiger charge is 2.08. The SMILES string of the molecule is O=C(NCc1ccccn1)c1ccnc(NCc2ccncc2)n1. The molecule has 0 unspecified atom stereocenters. The second kappa shape index (κ2) is 7.77. The van der Waals surface area contributed by atoms with Crippen molar-refractivity contribution < 1.29 is 4.79 Å². The van der Waals surface area contributed by atoms with Crippen LogP contribution >= 0.6 is 0 Å². The predicted octanol–water partition coefficient (Wildman–Crippen LogP) is 1.81. The van der Waals surface area contributed by atoms with Gasteiger partial charge in [-0.05, 0) is 35.9 Å². The quantitative estimate of drug-likeness (QED) is 0.719. The molecule has 0 fully saturated rings. The topological polar surface area (TPSA) is 92.7 Å². The number of carbonyl (C=O) groups is 1. The molecule has 7 nitrogen and oxygen atoms in total. The van der Waals surface area contributed by atoms with Gasteiger partial charge in [-0.1, -0.05) is 6.07 Å². The number of hydrogen-bond donors (Lipinski definition) is 2. The highest BCUT2D eigenvalue weighted by atomic mass is 16.1. The number of carbonyl (C=O) groups excluding carboxylic acids is 1. The number of pyridine rings is 2. The van der Waals surface area contributed by atoms with Crippen molar-refractivity contribution in [2.45, 2.75) is 13.1 Å². The fourth-order valence-corrected chi connectivity index (χ4v) is 2.02. The average molecular weight is 320 g/mol. The van der Waals surface area contributed by atoms with Crippen LogP contribution in [0.4, 0.5) is 5.95 Å². The molecule has 0 aromatic carbocycles. The molecule has 1 amide bonds. The van der Waals surface area contributed by atoms with Crippen LogP contribution in [0.25, 0.3) is 0 Å². The normalized spacial score (nSPS) is 10.2. The lowest BCUT2D eigenvalue weighted by Crippen LogP contribution is -2.24. The van der Waals surface area contributed by atoms with Gasteiger partial charge in [0, 0.05) is 31.3 Å². The van der Waals surface area contributed by atoms with Gasteiger partial charge in [0.25, 0.3) is 5.91 Å². The zero-order valence-electron chi connectivity index (χ0n) is 12.9. The Morgan fingerprint density at radius 1 is 0.917 bits per heavy atom. The van der Waals surface area contributed by atoms with Gasteiger partial charge in [-0.3, -0.25) is 14.8 Å². The van der Waals surface area contributed by atoms with Crippen LogP contribution in [-0.4, -0.2) is 25.8 Å². The Balaban J connectivity index is 1.59. The summed E-state index contributed by atoms with van der Waals surface area (Å²) in [6, 6.07) is 10.9. The molecule has 2 N–H and O–H groups in total. The molecular weight excluding hydrogens is 304 g/mol. The molecule has 3 heterocycles. The van der Waals surface area contributed by atoms with Crippen LogP contribution in [0.3, 0.4) is 0 Å². The number of amides is 1. The van der Waals surface area contributed by atoms with Gasteiger partial charge in [0.2, 0.25) is 5.95 Å². The monoisotopic (exact) mass is 320 g/mol. The maximum absolute atomic E-state index is 12.2. The van der Waals surface area contributed by atoms with Crippen LogP contribution in [-0.2, 0) is 13.1 Å². The minimum atomic E-state index is -0.269. The lowest BCUT2D eigenvalue weighted by Gasteiger charge is -2.07.